The number of hydrogen-bond donors (Lipinski definition) is 0. The Morgan fingerprint density at radius 3 is 1.95 bits per heavy atom. The Hall–Kier alpha value is -2.51. The molecule has 0 fully saturated rings. The summed E-state index contributed by atoms with van der Waals surface area (Å²) in [6, 6.07) is 2.74. The number of carbonyl (C=O) groups excluding carboxylic acids is 1. The fraction of sp³-hybridized carbons (Fsp3) is 0.462. The van der Waals surface area contributed by atoms with Crippen LogP contribution in [0.15, 0.2) is 18.2 Å². The zero-order valence-electron chi connectivity index (χ0n) is 11.9. The van der Waals surface area contributed by atoms with Gasteiger partial charge in [0, 0.05) is 12.1 Å². The number of benzene rings is 1. The van der Waals surface area contributed by atoms with E-state index in [2.05, 4.69) is 0 Å². The molecule has 0 radical (unpaired) electrons. The van der Waals surface area contributed by atoms with Crippen LogP contribution in [0.4, 0.5) is 11.4 Å². The normalized spacial score (nSPS) is 12.0. The van der Waals surface area contributed by atoms with Crippen molar-refractivity contribution < 1.29 is 19.4 Å². The van der Waals surface area contributed by atoms with Gasteiger partial charge in [-0.2, -0.15) is 0 Å². The van der Waals surface area contributed by atoms with Crippen molar-refractivity contribution in [2.75, 3.05) is 0 Å². The quantitative estimate of drug-likeness (QED) is 0.453. The molecule has 0 bridgehead atoms. The van der Waals surface area contributed by atoms with E-state index < -0.39 is 27.2 Å². The molecule has 8 nitrogen and oxygen atoms in total. The van der Waals surface area contributed by atoms with Crippen LogP contribution in [0.2, 0.25) is 0 Å². The second-order valence-electron chi connectivity index (χ2n) is 5.10. The first kappa shape index (κ1) is 16.5. The van der Waals surface area contributed by atoms with E-state index in [-0.39, 0.29) is 11.7 Å². The highest BCUT2D eigenvalue weighted by Crippen LogP contribution is 2.23. The van der Waals surface area contributed by atoms with Crippen molar-refractivity contribution in [3.05, 3.63) is 44.0 Å². The molecule has 0 saturated heterocycles. The van der Waals surface area contributed by atoms with Gasteiger partial charge in [-0.25, -0.2) is 4.79 Å². The van der Waals surface area contributed by atoms with E-state index in [1.807, 2.05) is 13.8 Å². The first-order valence-corrected chi connectivity index (χ1v) is 6.35. The molecule has 0 aromatic heterocycles. The Labute approximate surface area is 121 Å². The van der Waals surface area contributed by atoms with Crippen molar-refractivity contribution in [2.24, 2.45) is 5.92 Å². The summed E-state index contributed by atoms with van der Waals surface area (Å²) in [7, 11) is 0. The van der Waals surface area contributed by atoms with E-state index >= 15 is 0 Å². The minimum atomic E-state index is -0.810. The Balaban J connectivity index is 3.03. The Bertz CT molecular complexity index is 538. The molecule has 0 saturated carbocycles. The summed E-state index contributed by atoms with van der Waals surface area (Å²) in [5.74, 6) is -0.498. The predicted molar refractivity (Wildman–Crippen MR) is 74.1 cm³/mol. The third kappa shape index (κ3) is 4.83. The average molecular weight is 296 g/mol. The monoisotopic (exact) mass is 296 g/mol. The van der Waals surface area contributed by atoms with Crippen LogP contribution in [0.1, 0.15) is 37.6 Å². The first-order chi connectivity index (χ1) is 9.70. The molecule has 0 N–H and O–H groups in total. The van der Waals surface area contributed by atoms with Gasteiger partial charge in [0.05, 0.1) is 27.6 Å². The average Bonchev–Trinajstić information content (AvgIpc) is 2.36. The third-order valence-electron chi connectivity index (χ3n) is 2.67. The zero-order chi connectivity index (χ0) is 16.2. The molecule has 21 heavy (non-hydrogen) atoms. The van der Waals surface area contributed by atoms with Crippen LogP contribution in [0, 0.1) is 26.1 Å². The molecule has 0 spiro atoms. The number of nitro groups is 2. The van der Waals surface area contributed by atoms with Crippen LogP contribution < -0.4 is 0 Å². The van der Waals surface area contributed by atoms with E-state index in [0.29, 0.717) is 12.3 Å². The van der Waals surface area contributed by atoms with Crippen LogP contribution in [0.3, 0.4) is 0 Å². The molecule has 1 rings (SSSR count). The van der Waals surface area contributed by atoms with E-state index in [4.69, 9.17) is 4.74 Å². The summed E-state index contributed by atoms with van der Waals surface area (Å²) < 4.78 is 5.13. The number of nitrogens with zero attached hydrogens (tertiary/aromatic N) is 2. The molecular weight excluding hydrogens is 280 g/mol. The minimum absolute atomic E-state index is 0.202. The molecule has 1 atom stereocenters. The molecule has 0 aliphatic rings. The van der Waals surface area contributed by atoms with Crippen molar-refractivity contribution in [3.8, 4) is 0 Å². The van der Waals surface area contributed by atoms with Gasteiger partial charge >= 0.3 is 5.97 Å². The molecule has 1 unspecified atom stereocenters. The van der Waals surface area contributed by atoms with Crippen LogP contribution in [-0.4, -0.2) is 21.9 Å². The molecule has 1 aromatic carbocycles. The van der Waals surface area contributed by atoms with Gasteiger partial charge in [-0.1, -0.05) is 13.8 Å². The minimum Gasteiger partial charge on any atom is -0.459 e. The lowest BCUT2D eigenvalue weighted by molar-refractivity contribution is -0.394. The van der Waals surface area contributed by atoms with E-state index in [0.717, 1.165) is 18.2 Å². The predicted octanol–water partition coefficient (Wildman–Crippen LogP) is 3.09. The highest BCUT2D eigenvalue weighted by Gasteiger charge is 2.22. The number of nitro benzene ring substituents is 2. The topological polar surface area (TPSA) is 113 Å². The largest absolute Gasteiger partial charge is 0.459 e. The third-order valence-corrected chi connectivity index (χ3v) is 2.67. The van der Waals surface area contributed by atoms with Crippen LogP contribution in [-0.2, 0) is 4.74 Å². The van der Waals surface area contributed by atoms with E-state index in [1.54, 1.807) is 6.92 Å². The van der Waals surface area contributed by atoms with E-state index in [9.17, 15) is 25.0 Å². The summed E-state index contributed by atoms with van der Waals surface area (Å²) in [5.41, 5.74) is -1.24. The maximum absolute atomic E-state index is 11.9. The highest BCUT2D eigenvalue weighted by molar-refractivity contribution is 5.91. The number of non-ortho nitro benzene ring substituents is 2. The molecule has 8 heteroatoms. The zero-order valence-corrected chi connectivity index (χ0v) is 11.9. The van der Waals surface area contributed by atoms with Crippen molar-refractivity contribution in [2.45, 2.75) is 33.3 Å². The molecule has 1 aromatic rings. The van der Waals surface area contributed by atoms with Gasteiger partial charge in [-0.3, -0.25) is 20.2 Å². The molecule has 0 amide bonds. The Kier molecular flexibility index (Phi) is 5.34. The van der Waals surface area contributed by atoms with E-state index in [1.165, 1.54) is 0 Å². The van der Waals surface area contributed by atoms with Gasteiger partial charge in [-0.15, -0.1) is 0 Å². The lowest BCUT2D eigenvalue weighted by Gasteiger charge is -2.15. The highest BCUT2D eigenvalue weighted by atomic mass is 16.6. The van der Waals surface area contributed by atoms with Gasteiger partial charge in [0.1, 0.15) is 0 Å². The van der Waals surface area contributed by atoms with Crippen molar-refractivity contribution in [3.63, 3.8) is 0 Å². The van der Waals surface area contributed by atoms with Crippen LogP contribution in [0.5, 0.6) is 0 Å². The van der Waals surface area contributed by atoms with Crippen molar-refractivity contribution in [1.29, 1.82) is 0 Å². The summed E-state index contributed by atoms with van der Waals surface area (Å²) in [5, 5.41) is 21.5. The fourth-order valence-electron chi connectivity index (χ4n) is 1.89. The number of esters is 1. The van der Waals surface area contributed by atoms with Crippen LogP contribution >= 0.6 is 0 Å². The Morgan fingerprint density at radius 2 is 1.57 bits per heavy atom. The molecular formula is C13H16N2O6. The lowest BCUT2D eigenvalue weighted by atomic mass is 10.1. The van der Waals surface area contributed by atoms with Gasteiger partial charge in [-0.05, 0) is 19.3 Å². The number of hydrogen-bond acceptors (Lipinski definition) is 6. The maximum atomic E-state index is 11.9. The van der Waals surface area contributed by atoms with Gasteiger partial charge < -0.3 is 4.74 Å². The smallest absolute Gasteiger partial charge is 0.338 e. The molecule has 0 heterocycles. The molecule has 0 aliphatic heterocycles. The summed E-state index contributed by atoms with van der Waals surface area (Å²) in [4.78, 5) is 31.8. The second-order valence-corrected chi connectivity index (χ2v) is 5.10. The molecule has 0 aliphatic carbocycles. The summed E-state index contributed by atoms with van der Waals surface area (Å²) in [6.45, 7) is 5.62. The summed E-state index contributed by atoms with van der Waals surface area (Å²) >= 11 is 0. The number of carbonyl (C=O) groups is 1. The lowest BCUT2D eigenvalue weighted by Crippen LogP contribution is -2.17. The SMILES string of the molecule is CC(C)CC(C)OC(=O)c1cc([N+](=O)[O-])cc([N+](=O)[O-])c1. The standard InChI is InChI=1S/C13H16N2O6/c1-8(2)4-9(3)21-13(16)10-5-11(14(17)18)7-12(6-10)15(19)20/h5-9H,4H2,1-3H3. The number of ether oxygens (including phenoxy) is 1. The van der Waals surface area contributed by atoms with Crippen molar-refractivity contribution in [1.82, 2.24) is 0 Å². The number of rotatable bonds is 6. The van der Waals surface area contributed by atoms with Crippen molar-refractivity contribution >= 4 is 17.3 Å². The summed E-state index contributed by atoms with van der Waals surface area (Å²) in [6.07, 6.45) is 0.249. The fourth-order valence-corrected chi connectivity index (χ4v) is 1.89. The maximum Gasteiger partial charge on any atom is 0.338 e. The second kappa shape index (κ2) is 6.78. The van der Waals surface area contributed by atoms with Gasteiger partial charge in [0.25, 0.3) is 11.4 Å². The van der Waals surface area contributed by atoms with Gasteiger partial charge in [0.2, 0.25) is 0 Å². The molecule has 114 valence electrons. The van der Waals surface area contributed by atoms with Crippen LogP contribution in [0.25, 0.3) is 0 Å². The Morgan fingerprint density at radius 1 is 1.10 bits per heavy atom. The first-order valence-electron chi connectivity index (χ1n) is 6.35. The van der Waals surface area contributed by atoms with Gasteiger partial charge in [0.15, 0.2) is 0 Å².